The molecule has 5 N–H and O–H groups in total. The molecule has 0 bridgehead atoms. The molecular formula is C32H36ClF3N9O9PS3. The van der Waals surface area contributed by atoms with E-state index in [-0.39, 0.29) is 39.7 Å². The summed E-state index contributed by atoms with van der Waals surface area (Å²) < 4.78 is 87.2. The molecule has 0 spiro atoms. The van der Waals surface area contributed by atoms with Crippen molar-refractivity contribution >= 4 is 81.2 Å². The van der Waals surface area contributed by atoms with Crippen LogP contribution in [0, 0.1) is 24.4 Å². The van der Waals surface area contributed by atoms with Gasteiger partial charge in [-0.3, -0.25) is 28.4 Å². The molecule has 1 aliphatic rings. The molecule has 0 radical (unpaired) electrons. The summed E-state index contributed by atoms with van der Waals surface area (Å²) >= 11 is 8.17. The normalized spacial score (nSPS) is 14.3. The molecule has 18 nitrogen and oxygen atoms in total. The highest BCUT2D eigenvalue weighted by atomic mass is 35.5. The Morgan fingerprint density at radius 1 is 1.14 bits per heavy atom. The number of hydrogen-bond acceptors (Lipinski definition) is 14. The van der Waals surface area contributed by atoms with E-state index in [1.54, 1.807) is 27.1 Å². The SMILES string of the molecule is COC(=O)CSc1cc(N=c2sc(=O)n3n2CCCC3)c(F)cc1Cl.CP(=O)(O)CCC(N)C(=O)O.Cc1ccn2nc(S(=O)(=O)Nc3c(F)cccc3F)nc2n1. The van der Waals surface area contributed by atoms with Gasteiger partial charge in [0.2, 0.25) is 4.80 Å². The quantitative estimate of drug-likeness (QED) is 0.0831. The van der Waals surface area contributed by atoms with Crippen molar-refractivity contribution in [3.63, 3.8) is 0 Å². The first-order valence-electron chi connectivity index (χ1n) is 16.7. The molecule has 2 atom stereocenters. The summed E-state index contributed by atoms with van der Waals surface area (Å²) in [6.07, 6.45) is 3.37. The van der Waals surface area contributed by atoms with Crippen molar-refractivity contribution in [2.75, 3.05) is 30.4 Å². The predicted molar refractivity (Wildman–Crippen MR) is 209 cm³/mol. The van der Waals surface area contributed by atoms with E-state index in [1.165, 1.54) is 26.0 Å². The number of aryl methyl sites for hydroxylation is 1. The number of hydrogen-bond donors (Lipinski definition) is 4. The molecule has 1 aliphatic heterocycles. The van der Waals surface area contributed by atoms with Crippen LogP contribution in [0.1, 0.15) is 25.0 Å². The number of rotatable bonds is 11. The van der Waals surface area contributed by atoms with Crippen molar-refractivity contribution in [1.82, 2.24) is 28.9 Å². The van der Waals surface area contributed by atoms with Gasteiger partial charge in [0.1, 0.15) is 34.9 Å². The minimum absolute atomic E-state index is 0.0412. The van der Waals surface area contributed by atoms with Gasteiger partial charge in [0.25, 0.3) is 21.0 Å². The molecule has 2 aromatic carbocycles. The maximum absolute atomic E-state index is 14.3. The Balaban J connectivity index is 0.000000207. The van der Waals surface area contributed by atoms with Crippen LogP contribution in [0.3, 0.4) is 0 Å². The van der Waals surface area contributed by atoms with Crippen molar-refractivity contribution in [3.8, 4) is 0 Å². The Bertz CT molecular complexity index is 2580. The van der Waals surface area contributed by atoms with E-state index in [0.717, 1.165) is 64.7 Å². The van der Waals surface area contributed by atoms with Crippen LogP contribution in [0.2, 0.25) is 5.02 Å². The van der Waals surface area contributed by atoms with Crippen LogP contribution in [-0.4, -0.2) is 91.0 Å². The zero-order valence-corrected chi connectivity index (χ0v) is 34.8. The maximum atomic E-state index is 14.3. The van der Waals surface area contributed by atoms with Crippen LogP contribution < -0.4 is 20.1 Å². The Labute approximate surface area is 341 Å². The molecule has 0 aliphatic carbocycles. The number of nitrogens with zero attached hydrogens (tertiary/aromatic N) is 7. The highest BCUT2D eigenvalue weighted by molar-refractivity contribution is 8.00. The molecule has 0 saturated carbocycles. The Hall–Kier alpha value is -4.58. The van der Waals surface area contributed by atoms with Gasteiger partial charge in [0, 0.05) is 42.7 Å². The third kappa shape index (κ3) is 12.7. The number of carboxylic acid groups (broad SMARTS) is 1. The molecule has 6 rings (SSSR count). The van der Waals surface area contributed by atoms with Crippen molar-refractivity contribution in [1.29, 1.82) is 0 Å². The first kappa shape index (κ1) is 46.1. The van der Waals surface area contributed by atoms with E-state index in [4.69, 9.17) is 27.3 Å². The number of benzene rings is 2. The first-order chi connectivity index (χ1) is 27.2. The number of ether oxygens (including phenoxy) is 1. The number of carbonyl (C=O) groups excluding carboxylic acids is 1. The van der Waals surface area contributed by atoms with E-state index < -0.39 is 63.7 Å². The number of aromatic nitrogens is 6. The number of thioether (sulfide) groups is 1. The standard InChI is InChI=1S/C15H15ClFN3O3S2.C12H9F2N5O2S.C5H12NO4P/c1-23-13(21)8-24-12-7-11(10(17)6-9(12)16)18-14-19-4-2-3-5-20(19)15(22)25-14;1-7-5-6-19-11(15-7)16-12(17-19)22(20,21)18-10-8(13)3-2-4-9(10)14;1-11(9,10)3-2-4(6)5(7)8/h6-7H,2-5,8H2,1H3;2-6,18H,1H3;4H,2-3,6H2,1H3,(H,7,8)(H,9,10). The molecule has 0 saturated heterocycles. The van der Waals surface area contributed by atoms with Crippen LogP contribution in [0.15, 0.2) is 62.4 Å². The van der Waals surface area contributed by atoms with E-state index in [9.17, 15) is 40.5 Å². The number of sulfonamides is 1. The number of carbonyl (C=O) groups is 2. The van der Waals surface area contributed by atoms with Crippen molar-refractivity contribution in [2.24, 2.45) is 10.7 Å². The molecule has 5 aromatic rings. The third-order valence-electron chi connectivity index (χ3n) is 7.62. The summed E-state index contributed by atoms with van der Waals surface area (Å²) in [4.78, 5) is 55.1. The molecule has 2 unspecified atom stereocenters. The van der Waals surface area contributed by atoms with Crippen molar-refractivity contribution in [3.05, 3.63) is 85.2 Å². The average molecular weight is 910 g/mol. The number of esters is 1. The third-order valence-corrected chi connectivity index (χ3v) is 12.2. The van der Waals surface area contributed by atoms with E-state index in [0.29, 0.717) is 28.5 Å². The summed E-state index contributed by atoms with van der Waals surface area (Å²) in [7, 11) is -6.15. The highest BCUT2D eigenvalue weighted by Crippen LogP contribution is 2.36. The fourth-order valence-electron chi connectivity index (χ4n) is 4.67. The van der Waals surface area contributed by atoms with Gasteiger partial charge in [-0.1, -0.05) is 17.7 Å². The van der Waals surface area contributed by atoms with Gasteiger partial charge in [-0.2, -0.15) is 13.4 Å². The largest absolute Gasteiger partial charge is 0.480 e. The topological polar surface area (TPSA) is 255 Å². The van der Waals surface area contributed by atoms with Crippen LogP contribution in [0.25, 0.3) is 5.78 Å². The fraction of sp³-hybridized carbons (Fsp3) is 0.344. The average Bonchev–Trinajstić information content (AvgIpc) is 3.73. The summed E-state index contributed by atoms with van der Waals surface area (Å²) in [5, 5.41) is 11.6. The molecule has 0 fully saturated rings. The molecule has 26 heteroatoms. The van der Waals surface area contributed by atoms with Gasteiger partial charge in [-0.05, 0) is 67.9 Å². The molecule has 4 heterocycles. The summed E-state index contributed by atoms with van der Waals surface area (Å²) in [5.41, 5.74) is 5.01. The first-order valence-corrected chi connectivity index (χ1v) is 22.6. The lowest BCUT2D eigenvalue weighted by Crippen LogP contribution is -2.31. The Morgan fingerprint density at radius 3 is 2.41 bits per heavy atom. The monoisotopic (exact) mass is 909 g/mol. The van der Waals surface area contributed by atoms with Gasteiger partial charge in [-0.15, -0.1) is 16.9 Å². The fourth-order valence-corrected chi connectivity index (χ4v) is 8.36. The van der Waals surface area contributed by atoms with Gasteiger partial charge in [-0.25, -0.2) is 32.3 Å². The number of anilines is 1. The van der Waals surface area contributed by atoms with Crippen molar-refractivity contribution < 1.29 is 50.5 Å². The second-order valence-electron chi connectivity index (χ2n) is 12.2. The van der Waals surface area contributed by atoms with Gasteiger partial charge < -0.3 is 20.5 Å². The number of nitrogens with one attached hydrogen (secondary N) is 1. The minimum Gasteiger partial charge on any atom is -0.480 e. The van der Waals surface area contributed by atoms with Gasteiger partial charge in [0.05, 0.1) is 17.9 Å². The number of para-hydroxylation sites is 1. The minimum atomic E-state index is -4.35. The van der Waals surface area contributed by atoms with Crippen LogP contribution in [-0.2, 0) is 42.0 Å². The zero-order chi connectivity index (χ0) is 42.9. The van der Waals surface area contributed by atoms with E-state index >= 15 is 0 Å². The highest BCUT2D eigenvalue weighted by Gasteiger charge is 2.24. The van der Waals surface area contributed by atoms with Crippen LogP contribution >= 0.6 is 42.1 Å². The number of aliphatic carboxylic acids is 1. The number of halogens is 4. The van der Waals surface area contributed by atoms with Crippen LogP contribution in [0.5, 0.6) is 0 Å². The molecule has 58 heavy (non-hydrogen) atoms. The number of methoxy groups -OCH3 is 1. The Kier molecular flexibility index (Phi) is 15.8. The number of carboxylic acids is 1. The summed E-state index contributed by atoms with van der Waals surface area (Å²) in [6.45, 7) is 4.21. The zero-order valence-electron chi connectivity index (χ0n) is 30.7. The molecule has 314 valence electrons. The lowest BCUT2D eigenvalue weighted by molar-refractivity contribution is -0.139. The summed E-state index contributed by atoms with van der Waals surface area (Å²) in [6, 6.07) is 6.22. The lowest BCUT2D eigenvalue weighted by Gasteiger charge is -2.15. The molecular weight excluding hydrogens is 874 g/mol. The molecule has 3 aromatic heterocycles. The number of nitrogens with two attached hydrogens (primary N) is 1. The predicted octanol–water partition coefficient (Wildman–Crippen LogP) is 4.00. The maximum Gasteiger partial charge on any atom is 0.325 e. The number of fused-ring (bicyclic) bond motifs is 2. The second-order valence-corrected chi connectivity index (χ2v) is 18.7. The Morgan fingerprint density at radius 2 is 1.79 bits per heavy atom. The lowest BCUT2D eigenvalue weighted by atomic mass is 10.2. The van der Waals surface area contributed by atoms with Gasteiger partial charge >= 0.3 is 16.8 Å². The summed E-state index contributed by atoms with van der Waals surface area (Å²) in [5.74, 6) is -4.08. The van der Waals surface area contributed by atoms with Crippen LogP contribution in [0.4, 0.5) is 24.5 Å². The van der Waals surface area contributed by atoms with E-state index in [2.05, 4.69) is 24.8 Å². The van der Waals surface area contributed by atoms with Crippen molar-refractivity contribution in [2.45, 2.75) is 55.4 Å². The smallest absolute Gasteiger partial charge is 0.325 e. The van der Waals surface area contributed by atoms with Gasteiger partial charge in [0.15, 0.2) is 7.37 Å². The van der Waals surface area contributed by atoms with E-state index in [1.807, 2.05) is 0 Å². The molecule has 0 amide bonds. The second kappa shape index (κ2) is 19.9.